The first kappa shape index (κ1) is 14.5. The summed E-state index contributed by atoms with van der Waals surface area (Å²) in [5.74, 6) is 0.398. The molecule has 0 bridgehead atoms. The molecule has 0 saturated carbocycles. The minimum Gasteiger partial charge on any atom is -0.369 e. The van der Waals surface area contributed by atoms with Crippen molar-refractivity contribution in [3.05, 3.63) is 70.8 Å². The fourth-order valence-corrected chi connectivity index (χ4v) is 3.18. The average Bonchev–Trinajstić information content (AvgIpc) is 2.99. The maximum atomic E-state index is 6.16. The lowest BCUT2D eigenvalue weighted by molar-refractivity contribution is 1.30. The lowest BCUT2D eigenvalue weighted by Gasteiger charge is -2.12. The zero-order valence-corrected chi connectivity index (χ0v) is 13.8. The second kappa shape index (κ2) is 5.53. The van der Waals surface area contributed by atoms with Crippen LogP contribution in [0.3, 0.4) is 0 Å². The van der Waals surface area contributed by atoms with Crippen LogP contribution in [0.4, 0.5) is 11.4 Å². The predicted molar refractivity (Wildman–Crippen MR) is 104 cm³/mol. The summed E-state index contributed by atoms with van der Waals surface area (Å²) in [5, 5.41) is 5.69. The Morgan fingerprint density at radius 3 is 2.50 bits per heavy atom. The van der Waals surface area contributed by atoms with Crippen LogP contribution in [-0.2, 0) is 0 Å². The molecule has 0 fully saturated rings. The molecule has 0 amide bonds. The molecular weight excluding hydrogens is 294 g/mol. The molecule has 1 aliphatic rings. The van der Waals surface area contributed by atoms with Gasteiger partial charge in [-0.2, -0.15) is 0 Å². The van der Waals surface area contributed by atoms with E-state index in [1.54, 1.807) is 0 Å². The first-order valence-electron chi connectivity index (χ1n) is 8.05. The molecule has 0 aliphatic heterocycles. The smallest absolute Gasteiger partial charge is 0.198 e. The molecule has 0 aromatic heterocycles. The Hall–Kier alpha value is -3.07. The van der Waals surface area contributed by atoms with Crippen molar-refractivity contribution in [1.82, 2.24) is 0 Å². The van der Waals surface area contributed by atoms with E-state index >= 15 is 0 Å². The van der Waals surface area contributed by atoms with E-state index in [1.165, 1.54) is 22.1 Å². The van der Waals surface area contributed by atoms with Gasteiger partial charge in [-0.15, -0.1) is 0 Å². The van der Waals surface area contributed by atoms with Gasteiger partial charge in [0.25, 0.3) is 0 Å². The van der Waals surface area contributed by atoms with Gasteiger partial charge in [0.15, 0.2) is 5.96 Å². The second-order valence-corrected chi connectivity index (χ2v) is 6.15. The molecule has 3 nitrogen and oxygen atoms in total. The van der Waals surface area contributed by atoms with E-state index < -0.39 is 0 Å². The number of guanidine groups is 1. The molecule has 3 aromatic rings. The largest absolute Gasteiger partial charge is 0.369 e. The van der Waals surface area contributed by atoms with Crippen LogP contribution in [0.1, 0.15) is 22.3 Å². The van der Waals surface area contributed by atoms with E-state index in [0.717, 1.165) is 22.3 Å². The van der Waals surface area contributed by atoms with Crippen molar-refractivity contribution in [2.75, 3.05) is 5.32 Å². The summed E-state index contributed by atoms with van der Waals surface area (Å²) in [6.07, 6.45) is 4.30. The van der Waals surface area contributed by atoms with Gasteiger partial charge in [-0.25, -0.2) is 4.99 Å². The van der Waals surface area contributed by atoms with Crippen molar-refractivity contribution >= 4 is 40.3 Å². The average molecular weight is 313 g/mol. The van der Waals surface area contributed by atoms with Crippen molar-refractivity contribution in [1.29, 1.82) is 0 Å². The van der Waals surface area contributed by atoms with Gasteiger partial charge in [-0.1, -0.05) is 48.6 Å². The highest BCUT2D eigenvalue weighted by molar-refractivity contribution is 6.12. The van der Waals surface area contributed by atoms with Crippen LogP contribution in [-0.4, -0.2) is 5.96 Å². The van der Waals surface area contributed by atoms with E-state index in [0.29, 0.717) is 5.96 Å². The standard InChI is InChI=1S/C21H19N3/c1-13-5-3-8-18(14(13)2)23-21(22)24-19-12-11-16-10-9-15-6-4-7-17(19)20(15)16/h3-12H,1-2H3,(H3,22,23,24). The third kappa shape index (κ3) is 2.35. The lowest BCUT2D eigenvalue weighted by atomic mass is 10.0. The maximum Gasteiger partial charge on any atom is 0.198 e. The SMILES string of the molecule is Cc1cccc(N=C(N)Nc2ccc3c4c(cccc24)C=C3)c1C. The van der Waals surface area contributed by atoms with Crippen LogP contribution in [0.25, 0.3) is 22.9 Å². The summed E-state index contributed by atoms with van der Waals surface area (Å²) >= 11 is 0. The first-order valence-corrected chi connectivity index (χ1v) is 8.05. The van der Waals surface area contributed by atoms with Gasteiger partial charge in [0, 0.05) is 11.1 Å². The number of anilines is 1. The summed E-state index contributed by atoms with van der Waals surface area (Å²) in [5.41, 5.74) is 12.9. The number of benzene rings is 3. The topological polar surface area (TPSA) is 50.4 Å². The van der Waals surface area contributed by atoms with E-state index in [1.807, 2.05) is 12.1 Å². The van der Waals surface area contributed by atoms with Crippen LogP contribution in [0.5, 0.6) is 0 Å². The van der Waals surface area contributed by atoms with Crippen molar-refractivity contribution in [2.24, 2.45) is 10.7 Å². The number of hydrogen-bond acceptors (Lipinski definition) is 1. The van der Waals surface area contributed by atoms with E-state index in [9.17, 15) is 0 Å². The molecule has 0 heterocycles. The molecule has 4 rings (SSSR count). The fourth-order valence-electron chi connectivity index (χ4n) is 3.18. The molecular formula is C21H19N3. The third-order valence-electron chi connectivity index (χ3n) is 4.63. The Morgan fingerprint density at radius 1 is 0.917 bits per heavy atom. The number of nitrogens with one attached hydrogen (secondary N) is 1. The highest BCUT2D eigenvalue weighted by Crippen LogP contribution is 2.35. The van der Waals surface area contributed by atoms with Gasteiger partial charge in [-0.05, 0) is 53.6 Å². The second-order valence-electron chi connectivity index (χ2n) is 6.15. The van der Waals surface area contributed by atoms with Crippen LogP contribution in [0, 0.1) is 13.8 Å². The maximum absolute atomic E-state index is 6.16. The molecule has 0 saturated heterocycles. The van der Waals surface area contributed by atoms with Crippen LogP contribution < -0.4 is 11.1 Å². The number of aliphatic imine (C=N–C) groups is 1. The molecule has 0 radical (unpaired) electrons. The Kier molecular flexibility index (Phi) is 3.35. The van der Waals surface area contributed by atoms with Gasteiger partial charge < -0.3 is 11.1 Å². The van der Waals surface area contributed by atoms with Crippen LogP contribution in [0.15, 0.2) is 53.5 Å². The van der Waals surface area contributed by atoms with Crippen molar-refractivity contribution in [2.45, 2.75) is 13.8 Å². The van der Waals surface area contributed by atoms with Gasteiger partial charge in [0.05, 0.1) is 5.69 Å². The Labute approximate surface area is 141 Å². The van der Waals surface area contributed by atoms with Gasteiger partial charge in [0.2, 0.25) is 0 Å². The molecule has 0 atom stereocenters. The Morgan fingerprint density at radius 2 is 1.67 bits per heavy atom. The molecule has 3 N–H and O–H groups in total. The van der Waals surface area contributed by atoms with Gasteiger partial charge in [-0.3, -0.25) is 0 Å². The fraction of sp³-hybridized carbons (Fsp3) is 0.0952. The van der Waals surface area contributed by atoms with Crippen molar-refractivity contribution < 1.29 is 0 Å². The molecule has 118 valence electrons. The summed E-state index contributed by atoms with van der Waals surface area (Å²) in [4.78, 5) is 4.55. The van der Waals surface area contributed by atoms with Crippen molar-refractivity contribution in [3.63, 3.8) is 0 Å². The summed E-state index contributed by atoms with van der Waals surface area (Å²) in [7, 11) is 0. The molecule has 0 spiro atoms. The third-order valence-corrected chi connectivity index (χ3v) is 4.63. The molecule has 0 unspecified atom stereocenters. The quantitative estimate of drug-likeness (QED) is 0.404. The Balaban J connectivity index is 1.73. The van der Waals surface area contributed by atoms with E-state index in [2.05, 4.69) is 72.7 Å². The molecule has 3 aromatic carbocycles. The van der Waals surface area contributed by atoms with E-state index in [-0.39, 0.29) is 0 Å². The number of nitrogens with zero attached hydrogens (tertiary/aromatic N) is 1. The minimum absolute atomic E-state index is 0.398. The summed E-state index contributed by atoms with van der Waals surface area (Å²) in [6, 6.07) is 16.5. The number of nitrogens with two attached hydrogens (primary N) is 1. The zero-order valence-electron chi connectivity index (χ0n) is 13.8. The summed E-state index contributed by atoms with van der Waals surface area (Å²) in [6.45, 7) is 4.14. The minimum atomic E-state index is 0.398. The number of aryl methyl sites for hydroxylation is 1. The van der Waals surface area contributed by atoms with Gasteiger partial charge >= 0.3 is 0 Å². The molecule has 3 heteroatoms. The lowest BCUT2D eigenvalue weighted by Crippen LogP contribution is -2.22. The number of hydrogen-bond donors (Lipinski definition) is 2. The normalized spacial score (nSPS) is 12.8. The summed E-state index contributed by atoms with van der Waals surface area (Å²) < 4.78 is 0. The molecule has 1 aliphatic carbocycles. The highest BCUT2D eigenvalue weighted by atomic mass is 15.1. The van der Waals surface area contributed by atoms with Crippen molar-refractivity contribution in [3.8, 4) is 0 Å². The van der Waals surface area contributed by atoms with Crippen LogP contribution in [0.2, 0.25) is 0 Å². The first-order chi connectivity index (χ1) is 11.6. The monoisotopic (exact) mass is 313 g/mol. The van der Waals surface area contributed by atoms with Gasteiger partial charge in [0.1, 0.15) is 0 Å². The highest BCUT2D eigenvalue weighted by Gasteiger charge is 2.12. The molecule has 24 heavy (non-hydrogen) atoms. The zero-order chi connectivity index (χ0) is 16.7. The number of rotatable bonds is 2. The predicted octanol–water partition coefficient (Wildman–Crippen LogP) is 5.00. The Bertz CT molecular complexity index is 1000. The van der Waals surface area contributed by atoms with E-state index in [4.69, 9.17) is 5.73 Å². The van der Waals surface area contributed by atoms with Crippen LogP contribution >= 0.6 is 0 Å².